The summed E-state index contributed by atoms with van der Waals surface area (Å²) in [6, 6.07) is 2.06. The van der Waals surface area contributed by atoms with Crippen molar-refractivity contribution in [3.05, 3.63) is 18.0 Å². The van der Waals surface area contributed by atoms with Crippen LogP contribution in [-0.4, -0.2) is 49.4 Å². The van der Waals surface area contributed by atoms with Crippen molar-refractivity contribution in [1.82, 2.24) is 15.3 Å². The number of nitrogens with one attached hydrogen (secondary N) is 1. The van der Waals surface area contributed by atoms with Crippen molar-refractivity contribution >= 4 is 5.95 Å². The highest BCUT2D eigenvalue weighted by Gasteiger charge is 2.19. The van der Waals surface area contributed by atoms with Crippen LogP contribution in [0.2, 0.25) is 0 Å². The quantitative estimate of drug-likeness (QED) is 0.838. The molecule has 1 N–H and O–H groups in total. The van der Waals surface area contributed by atoms with Crippen LogP contribution >= 0.6 is 0 Å². The number of hydrogen-bond donors (Lipinski definition) is 1. The van der Waals surface area contributed by atoms with E-state index in [-0.39, 0.29) is 0 Å². The minimum Gasteiger partial charge on any atom is -0.381 e. The van der Waals surface area contributed by atoms with Crippen molar-refractivity contribution in [2.75, 3.05) is 44.3 Å². The second-order valence-corrected chi connectivity index (χ2v) is 4.91. The van der Waals surface area contributed by atoms with Crippen LogP contribution in [0, 0.1) is 0 Å². The van der Waals surface area contributed by atoms with Gasteiger partial charge < -0.3 is 15.0 Å². The van der Waals surface area contributed by atoms with E-state index in [1.807, 2.05) is 6.20 Å². The lowest BCUT2D eigenvalue weighted by Crippen LogP contribution is -2.44. The predicted molar refractivity (Wildman–Crippen MR) is 69.9 cm³/mol. The van der Waals surface area contributed by atoms with E-state index < -0.39 is 0 Å². The van der Waals surface area contributed by atoms with Gasteiger partial charge in [0.05, 0.1) is 0 Å². The average molecular weight is 248 g/mol. The van der Waals surface area contributed by atoms with Gasteiger partial charge in [0.25, 0.3) is 0 Å². The number of ether oxygens (including phenoxy) is 1. The molecule has 2 saturated heterocycles. The Morgan fingerprint density at radius 3 is 2.78 bits per heavy atom. The van der Waals surface area contributed by atoms with Crippen LogP contribution in [0.25, 0.3) is 0 Å². The minimum atomic E-state index is 0.545. The Morgan fingerprint density at radius 2 is 2.00 bits per heavy atom. The molecule has 2 fully saturated rings. The monoisotopic (exact) mass is 248 g/mol. The Morgan fingerprint density at radius 1 is 1.22 bits per heavy atom. The van der Waals surface area contributed by atoms with Crippen LogP contribution in [0.1, 0.15) is 24.5 Å². The molecule has 18 heavy (non-hydrogen) atoms. The van der Waals surface area contributed by atoms with Gasteiger partial charge in [0.15, 0.2) is 0 Å². The van der Waals surface area contributed by atoms with Crippen molar-refractivity contribution in [2.24, 2.45) is 0 Å². The molecular formula is C13H20N4O. The van der Waals surface area contributed by atoms with Crippen LogP contribution in [0.3, 0.4) is 0 Å². The fraction of sp³-hybridized carbons (Fsp3) is 0.692. The van der Waals surface area contributed by atoms with Crippen molar-refractivity contribution in [1.29, 1.82) is 0 Å². The highest BCUT2D eigenvalue weighted by atomic mass is 16.5. The molecule has 0 unspecified atom stereocenters. The first-order chi connectivity index (χ1) is 8.93. The van der Waals surface area contributed by atoms with Gasteiger partial charge in [-0.3, -0.25) is 0 Å². The lowest BCUT2D eigenvalue weighted by molar-refractivity contribution is 0.0845. The first kappa shape index (κ1) is 11.9. The summed E-state index contributed by atoms with van der Waals surface area (Å²) in [5, 5.41) is 3.35. The van der Waals surface area contributed by atoms with Crippen LogP contribution in [0.15, 0.2) is 12.3 Å². The third-order valence-electron chi connectivity index (χ3n) is 3.70. The van der Waals surface area contributed by atoms with Crippen LogP contribution in [0.4, 0.5) is 5.95 Å². The third-order valence-corrected chi connectivity index (χ3v) is 3.70. The standard InChI is InChI=1S/C13H20N4O/c1-4-15-13(17-7-5-14-6-8-17)16-12(1)11-2-9-18-10-3-11/h1,4,11,14H,2-3,5-10H2. The molecule has 1 aromatic heterocycles. The second-order valence-electron chi connectivity index (χ2n) is 4.91. The van der Waals surface area contributed by atoms with E-state index in [0.717, 1.165) is 58.2 Å². The molecule has 98 valence electrons. The van der Waals surface area contributed by atoms with Gasteiger partial charge in [-0.05, 0) is 18.9 Å². The summed E-state index contributed by atoms with van der Waals surface area (Å²) in [7, 11) is 0. The molecule has 3 heterocycles. The van der Waals surface area contributed by atoms with E-state index in [1.54, 1.807) is 0 Å². The molecule has 0 bridgehead atoms. The van der Waals surface area contributed by atoms with E-state index in [4.69, 9.17) is 9.72 Å². The molecule has 0 spiro atoms. The summed E-state index contributed by atoms with van der Waals surface area (Å²) in [6.07, 6.45) is 4.06. The van der Waals surface area contributed by atoms with Crippen molar-refractivity contribution in [3.63, 3.8) is 0 Å². The zero-order valence-corrected chi connectivity index (χ0v) is 10.6. The number of hydrogen-bond acceptors (Lipinski definition) is 5. The van der Waals surface area contributed by atoms with E-state index in [1.165, 1.54) is 5.69 Å². The first-order valence-electron chi connectivity index (χ1n) is 6.80. The maximum Gasteiger partial charge on any atom is 0.225 e. The van der Waals surface area contributed by atoms with Gasteiger partial charge in [-0.25, -0.2) is 9.97 Å². The molecule has 0 atom stereocenters. The third kappa shape index (κ3) is 2.62. The summed E-state index contributed by atoms with van der Waals surface area (Å²) in [5.41, 5.74) is 1.18. The maximum atomic E-state index is 5.41. The summed E-state index contributed by atoms with van der Waals surface area (Å²) < 4.78 is 5.41. The van der Waals surface area contributed by atoms with Crippen LogP contribution in [-0.2, 0) is 4.74 Å². The zero-order chi connectivity index (χ0) is 12.2. The Balaban J connectivity index is 1.75. The number of piperazine rings is 1. The van der Waals surface area contributed by atoms with Gasteiger partial charge in [0, 0.05) is 57.2 Å². The fourth-order valence-electron chi connectivity index (χ4n) is 2.60. The van der Waals surface area contributed by atoms with Crippen molar-refractivity contribution in [3.8, 4) is 0 Å². The smallest absolute Gasteiger partial charge is 0.225 e. The molecule has 5 heteroatoms. The van der Waals surface area contributed by atoms with Crippen molar-refractivity contribution in [2.45, 2.75) is 18.8 Å². The number of aromatic nitrogens is 2. The average Bonchev–Trinajstić information content (AvgIpc) is 2.49. The largest absolute Gasteiger partial charge is 0.381 e. The minimum absolute atomic E-state index is 0.545. The van der Waals surface area contributed by atoms with E-state index in [0.29, 0.717) is 5.92 Å². The molecule has 0 aromatic carbocycles. The molecule has 0 saturated carbocycles. The Hall–Kier alpha value is -1.20. The number of anilines is 1. The van der Waals surface area contributed by atoms with Crippen LogP contribution in [0.5, 0.6) is 0 Å². The molecule has 3 rings (SSSR count). The highest BCUT2D eigenvalue weighted by molar-refractivity contribution is 5.32. The molecule has 0 amide bonds. The number of rotatable bonds is 2. The second kappa shape index (κ2) is 5.63. The predicted octanol–water partition coefficient (Wildman–Crippen LogP) is 0.780. The summed E-state index contributed by atoms with van der Waals surface area (Å²) in [4.78, 5) is 11.4. The Labute approximate surface area is 108 Å². The highest BCUT2D eigenvalue weighted by Crippen LogP contribution is 2.26. The molecule has 0 aliphatic carbocycles. The van der Waals surface area contributed by atoms with E-state index >= 15 is 0 Å². The lowest BCUT2D eigenvalue weighted by atomic mass is 9.96. The van der Waals surface area contributed by atoms with Gasteiger partial charge in [-0.15, -0.1) is 0 Å². The van der Waals surface area contributed by atoms with Gasteiger partial charge in [0.2, 0.25) is 5.95 Å². The SMILES string of the molecule is c1cc(C2CCOCC2)nc(N2CCNCC2)n1. The summed E-state index contributed by atoms with van der Waals surface area (Å²) >= 11 is 0. The molecular weight excluding hydrogens is 228 g/mol. The summed E-state index contributed by atoms with van der Waals surface area (Å²) in [6.45, 7) is 5.75. The van der Waals surface area contributed by atoms with Crippen molar-refractivity contribution < 1.29 is 4.74 Å². The topological polar surface area (TPSA) is 50.3 Å². The Kier molecular flexibility index (Phi) is 3.71. The molecule has 2 aliphatic heterocycles. The van der Waals surface area contributed by atoms with E-state index in [9.17, 15) is 0 Å². The molecule has 5 nitrogen and oxygen atoms in total. The lowest BCUT2D eigenvalue weighted by Gasteiger charge is -2.28. The van der Waals surface area contributed by atoms with Gasteiger partial charge in [-0.2, -0.15) is 0 Å². The molecule has 1 aromatic rings. The Bertz CT molecular complexity index is 353. The van der Waals surface area contributed by atoms with Gasteiger partial charge in [-0.1, -0.05) is 0 Å². The fourth-order valence-corrected chi connectivity index (χ4v) is 2.60. The maximum absolute atomic E-state index is 5.41. The number of nitrogens with zero attached hydrogens (tertiary/aromatic N) is 3. The van der Waals surface area contributed by atoms with Gasteiger partial charge >= 0.3 is 0 Å². The summed E-state index contributed by atoms with van der Waals surface area (Å²) in [5.74, 6) is 1.43. The molecule has 2 aliphatic rings. The molecule has 0 radical (unpaired) electrons. The first-order valence-corrected chi connectivity index (χ1v) is 6.80. The van der Waals surface area contributed by atoms with Crippen LogP contribution < -0.4 is 10.2 Å². The normalized spacial score (nSPS) is 22.1. The van der Waals surface area contributed by atoms with E-state index in [2.05, 4.69) is 21.3 Å². The zero-order valence-electron chi connectivity index (χ0n) is 10.6. The van der Waals surface area contributed by atoms with Gasteiger partial charge in [0.1, 0.15) is 0 Å².